The molecule has 1 fully saturated rings. The fraction of sp³-hybridized carbons (Fsp3) is 0.571. The maximum Gasteiger partial charge on any atom is 0.273 e. The summed E-state index contributed by atoms with van der Waals surface area (Å²) in [6, 6.07) is 6.87. The topological polar surface area (TPSA) is 64.4 Å². The number of para-hydroxylation sites is 1. The Hall–Kier alpha value is -1.46. The summed E-state index contributed by atoms with van der Waals surface area (Å²) in [6.45, 7) is 4.34. The van der Waals surface area contributed by atoms with Crippen molar-refractivity contribution in [2.75, 3.05) is 13.2 Å². The van der Waals surface area contributed by atoms with Gasteiger partial charge in [-0.3, -0.25) is 10.1 Å². The molecule has 2 rings (SSSR count). The molecule has 0 amide bonds. The quantitative estimate of drug-likeness (QED) is 0.633. The van der Waals surface area contributed by atoms with Crippen molar-refractivity contribution in [1.29, 1.82) is 0 Å². The number of hydrogen-bond donors (Lipinski definition) is 1. The number of nitrogens with zero attached hydrogens (tertiary/aromatic N) is 1. The van der Waals surface area contributed by atoms with Crippen molar-refractivity contribution in [1.82, 2.24) is 5.32 Å². The Morgan fingerprint density at radius 3 is 3.00 bits per heavy atom. The van der Waals surface area contributed by atoms with Crippen LogP contribution < -0.4 is 5.32 Å². The maximum atomic E-state index is 10.9. The molecule has 1 aliphatic heterocycles. The van der Waals surface area contributed by atoms with E-state index in [1.165, 1.54) is 0 Å². The van der Waals surface area contributed by atoms with Gasteiger partial charge in [-0.15, -0.1) is 0 Å². The predicted octanol–water partition coefficient (Wildman–Crippen LogP) is 2.50. The van der Waals surface area contributed by atoms with Gasteiger partial charge in [-0.2, -0.15) is 0 Å². The predicted molar refractivity (Wildman–Crippen MR) is 72.9 cm³/mol. The summed E-state index contributed by atoms with van der Waals surface area (Å²) in [5, 5.41) is 14.2. The van der Waals surface area contributed by atoms with E-state index in [1.54, 1.807) is 18.2 Å². The molecule has 1 saturated heterocycles. The standard InChI is InChI=1S/C14H20N2O3/c1-2-14-12(7-8-19-14)10-15-9-11-5-3-4-6-13(11)16(17)18/h3-6,12,14-15H,2,7-10H2,1H3. The second-order valence-corrected chi connectivity index (χ2v) is 4.88. The summed E-state index contributed by atoms with van der Waals surface area (Å²) in [6.07, 6.45) is 2.43. The lowest BCUT2D eigenvalue weighted by molar-refractivity contribution is -0.385. The molecule has 5 nitrogen and oxygen atoms in total. The van der Waals surface area contributed by atoms with Crippen LogP contribution in [0, 0.1) is 16.0 Å². The number of hydrogen-bond acceptors (Lipinski definition) is 4. The van der Waals surface area contributed by atoms with E-state index in [1.807, 2.05) is 6.07 Å². The van der Waals surface area contributed by atoms with Crippen LogP contribution in [0.3, 0.4) is 0 Å². The van der Waals surface area contributed by atoms with Crippen LogP contribution in [0.4, 0.5) is 5.69 Å². The van der Waals surface area contributed by atoms with Crippen molar-refractivity contribution in [2.24, 2.45) is 5.92 Å². The van der Waals surface area contributed by atoms with Gasteiger partial charge in [0.25, 0.3) is 5.69 Å². The highest BCUT2D eigenvalue weighted by Crippen LogP contribution is 2.23. The molecule has 0 spiro atoms. The third-order valence-corrected chi connectivity index (χ3v) is 3.66. The SMILES string of the molecule is CCC1OCCC1CNCc1ccccc1[N+](=O)[O-]. The zero-order valence-electron chi connectivity index (χ0n) is 11.2. The Labute approximate surface area is 113 Å². The third-order valence-electron chi connectivity index (χ3n) is 3.66. The van der Waals surface area contributed by atoms with Crippen molar-refractivity contribution in [3.8, 4) is 0 Å². The second-order valence-electron chi connectivity index (χ2n) is 4.88. The van der Waals surface area contributed by atoms with Gasteiger partial charge in [0, 0.05) is 31.3 Å². The average molecular weight is 264 g/mol. The molecule has 1 aliphatic rings. The fourth-order valence-corrected chi connectivity index (χ4v) is 2.61. The highest BCUT2D eigenvalue weighted by molar-refractivity contribution is 5.39. The molecule has 0 saturated carbocycles. The minimum absolute atomic E-state index is 0.185. The van der Waals surface area contributed by atoms with E-state index in [9.17, 15) is 10.1 Å². The van der Waals surface area contributed by atoms with E-state index >= 15 is 0 Å². The molecule has 1 aromatic carbocycles. The molecule has 5 heteroatoms. The van der Waals surface area contributed by atoms with E-state index < -0.39 is 0 Å². The molecule has 0 radical (unpaired) electrons. The summed E-state index contributed by atoms with van der Waals surface area (Å²) in [5.41, 5.74) is 0.921. The van der Waals surface area contributed by atoms with E-state index in [2.05, 4.69) is 12.2 Å². The fourth-order valence-electron chi connectivity index (χ4n) is 2.61. The molecular weight excluding hydrogens is 244 g/mol. The first-order valence-corrected chi connectivity index (χ1v) is 6.77. The normalized spacial score (nSPS) is 22.6. The molecule has 19 heavy (non-hydrogen) atoms. The first kappa shape index (κ1) is 14.0. The summed E-state index contributed by atoms with van der Waals surface area (Å²) in [4.78, 5) is 10.6. The number of nitrogens with one attached hydrogen (secondary N) is 1. The lowest BCUT2D eigenvalue weighted by Crippen LogP contribution is -2.28. The van der Waals surface area contributed by atoms with Crippen LogP contribution in [0.1, 0.15) is 25.3 Å². The molecule has 0 bridgehead atoms. The Bertz CT molecular complexity index is 436. The monoisotopic (exact) mass is 264 g/mol. The summed E-state index contributed by atoms with van der Waals surface area (Å²) < 4.78 is 5.63. The maximum absolute atomic E-state index is 10.9. The van der Waals surface area contributed by atoms with Gasteiger partial charge in [0.15, 0.2) is 0 Å². The van der Waals surface area contributed by atoms with Gasteiger partial charge in [-0.25, -0.2) is 0 Å². The van der Waals surface area contributed by atoms with Crippen LogP contribution in [0.25, 0.3) is 0 Å². The third kappa shape index (κ3) is 3.52. The first-order valence-electron chi connectivity index (χ1n) is 6.77. The zero-order valence-corrected chi connectivity index (χ0v) is 11.2. The smallest absolute Gasteiger partial charge is 0.273 e. The zero-order chi connectivity index (χ0) is 13.7. The molecule has 1 N–H and O–H groups in total. The Kier molecular flexibility index (Phi) is 4.87. The minimum atomic E-state index is -0.329. The lowest BCUT2D eigenvalue weighted by Gasteiger charge is -2.17. The van der Waals surface area contributed by atoms with Gasteiger partial charge in [0.05, 0.1) is 11.0 Å². The van der Waals surface area contributed by atoms with E-state index in [0.29, 0.717) is 18.6 Å². The van der Waals surface area contributed by atoms with Crippen molar-refractivity contribution >= 4 is 5.69 Å². The number of rotatable bonds is 6. The van der Waals surface area contributed by atoms with Gasteiger partial charge in [0.1, 0.15) is 0 Å². The average Bonchev–Trinajstić information content (AvgIpc) is 2.86. The van der Waals surface area contributed by atoms with Crippen LogP contribution in [0.2, 0.25) is 0 Å². The molecular formula is C14H20N2O3. The number of nitro benzene ring substituents is 1. The van der Waals surface area contributed by atoms with Crippen LogP contribution >= 0.6 is 0 Å². The molecule has 2 unspecified atom stereocenters. The van der Waals surface area contributed by atoms with Crippen LogP contribution in [0.15, 0.2) is 24.3 Å². The van der Waals surface area contributed by atoms with Gasteiger partial charge in [0.2, 0.25) is 0 Å². The molecule has 1 heterocycles. The first-order chi connectivity index (χ1) is 9.22. The van der Waals surface area contributed by atoms with Crippen molar-refractivity contribution in [3.05, 3.63) is 39.9 Å². The Morgan fingerprint density at radius 1 is 1.47 bits per heavy atom. The lowest BCUT2D eigenvalue weighted by atomic mass is 9.99. The van der Waals surface area contributed by atoms with E-state index in [0.717, 1.165) is 31.6 Å². The highest BCUT2D eigenvalue weighted by atomic mass is 16.6. The van der Waals surface area contributed by atoms with Gasteiger partial charge in [-0.05, 0) is 18.8 Å². The number of benzene rings is 1. The molecule has 104 valence electrons. The molecule has 0 aliphatic carbocycles. The number of ether oxygens (including phenoxy) is 1. The van der Waals surface area contributed by atoms with Crippen LogP contribution in [0.5, 0.6) is 0 Å². The summed E-state index contributed by atoms with van der Waals surface area (Å²) in [5.74, 6) is 0.521. The van der Waals surface area contributed by atoms with Gasteiger partial charge < -0.3 is 10.1 Å². The molecule has 0 aromatic heterocycles. The van der Waals surface area contributed by atoms with E-state index in [4.69, 9.17) is 4.74 Å². The minimum Gasteiger partial charge on any atom is -0.378 e. The number of nitro groups is 1. The van der Waals surface area contributed by atoms with Crippen molar-refractivity contribution in [2.45, 2.75) is 32.4 Å². The second kappa shape index (κ2) is 6.63. The Morgan fingerprint density at radius 2 is 2.26 bits per heavy atom. The van der Waals surface area contributed by atoms with Crippen molar-refractivity contribution < 1.29 is 9.66 Å². The largest absolute Gasteiger partial charge is 0.378 e. The van der Waals surface area contributed by atoms with Gasteiger partial charge >= 0.3 is 0 Å². The van der Waals surface area contributed by atoms with Crippen LogP contribution in [-0.4, -0.2) is 24.2 Å². The summed E-state index contributed by atoms with van der Waals surface area (Å²) >= 11 is 0. The van der Waals surface area contributed by atoms with Gasteiger partial charge in [-0.1, -0.05) is 25.1 Å². The molecule has 2 atom stereocenters. The Balaban J connectivity index is 1.87. The van der Waals surface area contributed by atoms with Crippen molar-refractivity contribution in [3.63, 3.8) is 0 Å². The molecule has 1 aromatic rings. The summed E-state index contributed by atoms with van der Waals surface area (Å²) in [7, 11) is 0. The highest BCUT2D eigenvalue weighted by Gasteiger charge is 2.26. The van der Waals surface area contributed by atoms with Crippen LogP contribution in [-0.2, 0) is 11.3 Å². The van der Waals surface area contributed by atoms with E-state index in [-0.39, 0.29) is 10.6 Å².